The van der Waals surface area contributed by atoms with E-state index in [1.807, 2.05) is 30.3 Å². The van der Waals surface area contributed by atoms with Crippen LogP contribution in [0.5, 0.6) is 0 Å². The molecule has 0 saturated carbocycles. The molecule has 20 heavy (non-hydrogen) atoms. The fraction of sp³-hybridized carbons (Fsp3) is 0.467. The maximum absolute atomic E-state index is 13.7. The van der Waals surface area contributed by atoms with Crippen molar-refractivity contribution in [2.75, 3.05) is 6.61 Å². The summed E-state index contributed by atoms with van der Waals surface area (Å²) >= 11 is 0. The fourth-order valence-corrected chi connectivity index (χ4v) is 2.29. The van der Waals surface area contributed by atoms with Gasteiger partial charge in [-0.15, -0.1) is 0 Å². The van der Waals surface area contributed by atoms with Gasteiger partial charge in [0.05, 0.1) is 6.04 Å². The normalized spacial score (nSPS) is 19.8. The number of hydrogen-bond acceptors (Lipinski definition) is 3. The number of cyclic esters (lactones) is 1. The first-order chi connectivity index (χ1) is 9.63. The molecule has 1 saturated heterocycles. The minimum absolute atomic E-state index is 0.123. The number of nitrogens with zero attached hydrogens (tertiary/aromatic N) is 1. The van der Waals surface area contributed by atoms with Crippen molar-refractivity contribution in [3.05, 3.63) is 35.9 Å². The molecule has 0 radical (unpaired) electrons. The van der Waals surface area contributed by atoms with Crippen LogP contribution in [0.3, 0.4) is 0 Å². The first-order valence-electron chi connectivity index (χ1n) is 6.81. The van der Waals surface area contributed by atoms with Gasteiger partial charge in [-0.05, 0) is 18.4 Å². The van der Waals surface area contributed by atoms with Crippen LogP contribution in [0.15, 0.2) is 30.3 Å². The van der Waals surface area contributed by atoms with Gasteiger partial charge in [0.25, 0.3) is 5.91 Å². The molecule has 0 aliphatic carbocycles. The summed E-state index contributed by atoms with van der Waals surface area (Å²) in [6.07, 6.45) is -1.21. The third-order valence-corrected chi connectivity index (χ3v) is 3.32. The first-order valence-corrected chi connectivity index (χ1v) is 6.81. The van der Waals surface area contributed by atoms with Crippen molar-refractivity contribution in [3.63, 3.8) is 0 Å². The van der Waals surface area contributed by atoms with E-state index in [4.69, 9.17) is 4.74 Å². The zero-order chi connectivity index (χ0) is 14.5. The second kappa shape index (κ2) is 6.50. The molecule has 1 aromatic carbocycles. The minimum Gasteiger partial charge on any atom is -0.447 e. The van der Waals surface area contributed by atoms with Gasteiger partial charge in [-0.2, -0.15) is 0 Å². The number of carbonyl (C=O) groups is 2. The van der Waals surface area contributed by atoms with Gasteiger partial charge in [0.1, 0.15) is 6.61 Å². The molecule has 0 bridgehead atoms. The van der Waals surface area contributed by atoms with E-state index >= 15 is 0 Å². The predicted molar refractivity (Wildman–Crippen MR) is 71.9 cm³/mol. The Kier molecular flexibility index (Phi) is 4.71. The molecule has 1 aliphatic heterocycles. The van der Waals surface area contributed by atoms with Crippen LogP contribution >= 0.6 is 0 Å². The number of alkyl halides is 1. The van der Waals surface area contributed by atoms with E-state index in [2.05, 4.69) is 0 Å². The Bertz CT molecular complexity index is 477. The number of imide groups is 1. The lowest BCUT2D eigenvalue weighted by atomic mass is 10.1. The van der Waals surface area contributed by atoms with Crippen LogP contribution in [0.4, 0.5) is 9.18 Å². The topological polar surface area (TPSA) is 46.6 Å². The molecule has 0 spiro atoms. The first kappa shape index (κ1) is 14.5. The maximum Gasteiger partial charge on any atom is 0.417 e. The summed E-state index contributed by atoms with van der Waals surface area (Å²) in [6, 6.07) is 9.05. The summed E-state index contributed by atoms with van der Waals surface area (Å²) in [4.78, 5) is 24.6. The van der Waals surface area contributed by atoms with Gasteiger partial charge < -0.3 is 4.74 Å². The number of amides is 2. The number of ether oxygens (including phenoxy) is 1. The second-order valence-electron chi connectivity index (χ2n) is 4.88. The van der Waals surface area contributed by atoms with Crippen molar-refractivity contribution in [1.29, 1.82) is 0 Å². The summed E-state index contributed by atoms with van der Waals surface area (Å²) in [6.45, 7) is 1.92. The minimum atomic E-state index is -1.64. The zero-order valence-corrected chi connectivity index (χ0v) is 11.4. The standard InChI is InChI=1S/C15H18FNO3/c1-2-6-13(16)14(18)17-12(10-20-15(17)19)9-11-7-4-3-5-8-11/h3-5,7-8,12-13H,2,6,9-10H2,1H3/t12-,13-/m1/s1. The molecule has 0 unspecified atom stereocenters. The quantitative estimate of drug-likeness (QED) is 0.832. The molecule has 2 amide bonds. The summed E-state index contributed by atoms with van der Waals surface area (Å²) in [5.74, 6) is -0.782. The molecule has 1 heterocycles. The van der Waals surface area contributed by atoms with Gasteiger partial charge in [-0.3, -0.25) is 4.79 Å². The Morgan fingerprint density at radius 3 is 2.80 bits per heavy atom. The lowest BCUT2D eigenvalue weighted by Crippen LogP contribution is -2.44. The molecule has 1 aromatic rings. The lowest BCUT2D eigenvalue weighted by molar-refractivity contribution is -0.134. The zero-order valence-electron chi connectivity index (χ0n) is 11.4. The average Bonchev–Trinajstić information content (AvgIpc) is 2.80. The van der Waals surface area contributed by atoms with Gasteiger partial charge in [0.2, 0.25) is 0 Å². The van der Waals surface area contributed by atoms with E-state index in [9.17, 15) is 14.0 Å². The highest BCUT2D eigenvalue weighted by Crippen LogP contribution is 2.20. The van der Waals surface area contributed by atoms with Crippen molar-refractivity contribution in [2.24, 2.45) is 0 Å². The summed E-state index contributed by atoms with van der Waals surface area (Å²) in [5.41, 5.74) is 0.986. The van der Waals surface area contributed by atoms with Gasteiger partial charge >= 0.3 is 6.09 Å². The number of carbonyl (C=O) groups excluding carboxylic acids is 2. The van der Waals surface area contributed by atoms with E-state index in [0.29, 0.717) is 12.8 Å². The highest BCUT2D eigenvalue weighted by Gasteiger charge is 2.40. The molecule has 108 valence electrons. The van der Waals surface area contributed by atoms with Crippen molar-refractivity contribution >= 4 is 12.0 Å². The molecule has 0 N–H and O–H groups in total. The number of benzene rings is 1. The summed E-state index contributed by atoms with van der Waals surface area (Å²) < 4.78 is 18.6. The van der Waals surface area contributed by atoms with E-state index in [-0.39, 0.29) is 13.0 Å². The van der Waals surface area contributed by atoms with Crippen LogP contribution in [-0.2, 0) is 16.0 Å². The molecule has 2 atom stereocenters. The smallest absolute Gasteiger partial charge is 0.417 e. The van der Waals surface area contributed by atoms with Crippen molar-refractivity contribution in [2.45, 2.75) is 38.4 Å². The molecule has 1 fully saturated rings. The van der Waals surface area contributed by atoms with E-state index in [0.717, 1.165) is 10.5 Å². The maximum atomic E-state index is 13.7. The highest BCUT2D eigenvalue weighted by atomic mass is 19.1. The van der Waals surface area contributed by atoms with Crippen LogP contribution in [0.25, 0.3) is 0 Å². The largest absolute Gasteiger partial charge is 0.447 e. The molecule has 1 aliphatic rings. The van der Waals surface area contributed by atoms with Crippen molar-refractivity contribution in [3.8, 4) is 0 Å². The molecular formula is C15H18FNO3. The summed E-state index contributed by atoms with van der Waals surface area (Å²) in [5, 5.41) is 0. The van der Waals surface area contributed by atoms with E-state index in [1.165, 1.54) is 0 Å². The number of rotatable bonds is 5. The fourth-order valence-electron chi connectivity index (χ4n) is 2.29. The third-order valence-electron chi connectivity index (χ3n) is 3.32. The molecule has 2 rings (SSSR count). The molecular weight excluding hydrogens is 261 g/mol. The lowest BCUT2D eigenvalue weighted by Gasteiger charge is -2.21. The molecule has 0 aromatic heterocycles. The van der Waals surface area contributed by atoms with E-state index in [1.54, 1.807) is 6.92 Å². The number of halogens is 1. The van der Waals surface area contributed by atoms with Gasteiger partial charge in [0.15, 0.2) is 6.17 Å². The Morgan fingerprint density at radius 2 is 2.15 bits per heavy atom. The Morgan fingerprint density at radius 1 is 1.45 bits per heavy atom. The molecule has 4 nitrogen and oxygen atoms in total. The van der Waals surface area contributed by atoms with Crippen LogP contribution in [0, 0.1) is 0 Å². The highest BCUT2D eigenvalue weighted by molar-refractivity contribution is 5.95. The van der Waals surface area contributed by atoms with Crippen molar-refractivity contribution in [1.82, 2.24) is 4.90 Å². The third kappa shape index (κ3) is 3.15. The Balaban J connectivity index is 2.08. The second-order valence-corrected chi connectivity index (χ2v) is 4.88. The Labute approximate surface area is 117 Å². The van der Waals surface area contributed by atoms with Gasteiger partial charge in [-0.1, -0.05) is 43.7 Å². The summed E-state index contributed by atoms with van der Waals surface area (Å²) in [7, 11) is 0. The molecule has 5 heteroatoms. The average molecular weight is 279 g/mol. The van der Waals surface area contributed by atoms with Crippen molar-refractivity contribution < 1.29 is 18.7 Å². The predicted octanol–water partition coefficient (Wildman–Crippen LogP) is 2.71. The number of hydrogen-bond donors (Lipinski definition) is 0. The SMILES string of the molecule is CCC[C@@H](F)C(=O)N1C(=O)OC[C@H]1Cc1ccccc1. The monoisotopic (exact) mass is 279 g/mol. The van der Waals surface area contributed by atoms with Gasteiger partial charge in [0, 0.05) is 0 Å². The van der Waals surface area contributed by atoms with Crippen LogP contribution < -0.4 is 0 Å². The van der Waals surface area contributed by atoms with Crippen LogP contribution in [-0.4, -0.2) is 35.7 Å². The Hall–Kier alpha value is -1.91. The van der Waals surface area contributed by atoms with Gasteiger partial charge in [-0.25, -0.2) is 14.1 Å². The van der Waals surface area contributed by atoms with Crippen LogP contribution in [0.1, 0.15) is 25.3 Å². The van der Waals surface area contributed by atoms with E-state index < -0.39 is 24.2 Å². The van der Waals surface area contributed by atoms with Crippen LogP contribution in [0.2, 0.25) is 0 Å².